The lowest BCUT2D eigenvalue weighted by atomic mass is 9.93. The molecule has 2 aromatic rings. The van der Waals surface area contributed by atoms with Crippen LogP contribution in [0.1, 0.15) is 46.7 Å². The molecule has 5 rings (SSSR count). The number of fused-ring (bicyclic) bond motifs is 3. The first-order chi connectivity index (χ1) is 15.1. The molecule has 0 aromatic carbocycles. The fraction of sp³-hybridized carbons (Fsp3) is 0.619. The van der Waals surface area contributed by atoms with Crippen LogP contribution < -0.4 is 5.32 Å². The van der Waals surface area contributed by atoms with Crippen molar-refractivity contribution in [3.05, 3.63) is 28.8 Å². The van der Waals surface area contributed by atoms with Crippen molar-refractivity contribution >= 4 is 5.91 Å². The van der Waals surface area contributed by atoms with Crippen LogP contribution in [-0.4, -0.2) is 60.9 Å². The number of rotatable bonds is 6. The first-order valence-corrected chi connectivity index (χ1v) is 10.7. The minimum Gasteiger partial charge on any atom is -0.455 e. The van der Waals surface area contributed by atoms with Crippen LogP contribution in [0, 0.1) is 0 Å². The van der Waals surface area contributed by atoms with Crippen LogP contribution in [0.15, 0.2) is 10.6 Å². The first-order valence-electron chi connectivity index (χ1n) is 10.7. The molecule has 3 aliphatic rings. The second-order valence-electron chi connectivity index (χ2n) is 8.08. The number of alkyl halides is 2. The number of carbonyl (C=O) groups excluding carboxylic acids is 1. The Bertz CT molecular complexity index is 945. The van der Waals surface area contributed by atoms with Crippen LogP contribution in [0.5, 0.6) is 0 Å². The second-order valence-corrected chi connectivity index (χ2v) is 8.08. The quantitative estimate of drug-likeness (QED) is 0.747. The van der Waals surface area contributed by atoms with Crippen molar-refractivity contribution in [2.24, 2.45) is 0 Å². The number of furan rings is 1. The highest BCUT2D eigenvalue weighted by atomic mass is 19.3. The van der Waals surface area contributed by atoms with Crippen molar-refractivity contribution in [1.29, 1.82) is 0 Å². The minimum absolute atomic E-state index is 0.0863. The molecule has 2 aliphatic heterocycles. The number of halogens is 2. The van der Waals surface area contributed by atoms with Crippen molar-refractivity contribution in [2.75, 3.05) is 33.0 Å². The molecule has 0 unspecified atom stereocenters. The highest BCUT2D eigenvalue weighted by Crippen LogP contribution is 2.43. The summed E-state index contributed by atoms with van der Waals surface area (Å²) < 4.78 is 52.1. The van der Waals surface area contributed by atoms with Gasteiger partial charge in [-0.15, -0.1) is 0 Å². The van der Waals surface area contributed by atoms with E-state index in [1.807, 2.05) is 6.20 Å². The molecule has 0 spiro atoms. The zero-order valence-corrected chi connectivity index (χ0v) is 17.1. The molecule has 31 heavy (non-hydrogen) atoms. The van der Waals surface area contributed by atoms with E-state index in [4.69, 9.17) is 18.6 Å². The first kappa shape index (κ1) is 20.6. The number of aryl methyl sites for hydroxylation is 2. The average Bonchev–Trinajstić information content (AvgIpc) is 3.49. The molecule has 1 amide bonds. The summed E-state index contributed by atoms with van der Waals surface area (Å²) in [5, 5.41) is 7.23. The van der Waals surface area contributed by atoms with Crippen molar-refractivity contribution in [3.8, 4) is 11.3 Å². The maximum absolute atomic E-state index is 14.1. The third-order valence-electron chi connectivity index (χ3n) is 5.93. The lowest BCUT2D eigenvalue weighted by Gasteiger charge is -2.22. The molecule has 2 fully saturated rings. The average molecular weight is 437 g/mol. The van der Waals surface area contributed by atoms with Gasteiger partial charge in [0.05, 0.1) is 49.3 Å². The molecule has 0 radical (unpaired) electrons. The summed E-state index contributed by atoms with van der Waals surface area (Å²) in [6.45, 7) is 2.96. The van der Waals surface area contributed by atoms with Crippen molar-refractivity contribution in [1.82, 2.24) is 15.1 Å². The SMILES string of the molecule is O=C(NC[C@@H]1CCCO1)c1oc2c(c1C(F)F)-c1nn(C[C@H]3COCCO3)cc1CC2. The van der Waals surface area contributed by atoms with Gasteiger partial charge in [-0.3, -0.25) is 9.48 Å². The maximum Gasteiger partial charge on any atom is 0.287 e. The molecule has 10 heteroatoms. The summed E-state index contributed by atoms with van der Waals surface area (Å²) in [4.78, 5) is 12.7. The summed E-state index contributed by atoms with van der Waals surface area (Å²) in [5.41, 5.74) is 1.18. The van der Waals surface area contributed by atoms with Gasteiger partial charge in [0.1, 0.15) is 11.9 Å². The third kappa shape index (κ3) is 4.11. The van der Waals surface area contributed by atoms with Gasteiger partial charge in [0.2, 0.25) is 5.76 Å². The third-order valence-corrected chi connectivity index (χ3v) is 5.93. The molecular formula is C21H25F2N3O5. The molecule has 2 saturated heterocycles. The van der Waals surface area contributed by atoms with Crippen molar-refractivity contribution in [2.45, 2.75) is 50.9 Å². The van der Waals surface area contributed by atoms with Gasteiger partial charge in [-0.2, -0.15) is 5.10 Å². The van der Waals surface area contributed by atoms with Crippen LogP contribution in [-0.2, 0) is 33.6 Å². The Balaban J connectivity index is 1.41. The van der Waals surface area contributed by atoms with E-state index in [1.54, 1.807) is 4.68 Å². The summed E-state index contributed by atoms with van der Waals surface area (Å²) in [6.07, 6.45) is 1.60. The van der Waals surface area contributed by atoms with E-state index in [-0.39, 0.29) is 35.6 Å². The zero-order valence-electron chi connectivity index (χ0n) is 17.1. The number of carbonyl (C=O) groups is 1. The summed E-state index contributed by atoms with van der Waals surface area (Å²) in [6, 6.07) is 0. The normalized spacial score (nSPS) is 23.1. The molecule has 2 atom stereocenters. The van der Waals surface area contributed by atoms with Crippen LogP contribution in [0.4, 0.5) is 8.78 Å². The highest BCUT2D eigenvalue weighted by molar-refractivity contribution is 5.96. The van der Waals surface area contributed by atoms with E-state index < -0.39 is 12.3 Å². The molecule has 1 aliphatic carbocycles. The smallest absolute Gasteiger partial charge is 0.287 e. The number of nitrogens with zero attached hydrogens (tertiary/aromatic N) is 2. The van der Waals surface area contributed by atoms with E-state index in [9.17, 15) is 13.6 Å². The molecular weight excluding hydrogens is 412 g/mol. The molecule has 4 heterocycles. The largest absolute Gasteiger partial charge is 0.455 e. The Morgan fingerprint density at radius 2 is 2.10 bits per heavy atom. The highest BCUT2D eigenvalue weighted by Gasteiger charge is 2.36. The summed E-state index contributed by atoms with van der Waals surface area (Å²) >= 11 is 0. The predicted molar refractivity (Wildman–Crippen MR) is 104 cm³/mol. The van der Waals surface area contributed by atoms with Gasteiger partial charge >= 0.3 is 0 Å². The molecule has 1 N–H and O–H groups in total. The Morgan fingerprint density at radius 1 is 1.23 bits per heavy atom. The molecule has 2 aromatic heterocycles. The number of hydrogen-bond acceptors (Lipinski definition) is 6. The lowest BCUT2D eigenvalue weighted by Crippen LogP contribution is -2.32. The van der Waals surface area contributed by atoms with Gasteiger partial charge in [-0.25, -0.2) is 8.78 Å². The van der Waals surface area contributed by atoms with Crippen LogP contribution >= 0.6 is 0 Å². The Kier molecular flexibility index (Phi) is 5.77. The summed E-state index contributed by atoms with van der Waals surface area (Å²) in [7, 11) is 0. The Labute approximate surface area is 177 Å². The fourth-order valence-corrected chi connectivity index (χ4v) is 4.45. The number of nitrogens with one attached hydrogen (secondary N) is 1. The van der Waals surface area contributed by atoms with Crippen molar-refractivity contribution in [3.63, 3.8) is 0 Å². The fourth-order valence-electron chi connectivity index (χ4n) is 4.45. The zero-order chi connectivity index (χ0) is 21.4. The van der Waals surface area contributed by atoms with Gasteiger partial charge < -0.3 is 23.9 Å². The van der Waals surface area contributed by atoms with E-state index in [1.165, 1.54) is 0 Å². The lowest BCUT2D eigenvalue weighted by molar-refractivity contribution is -0.0946. The van der Waals surface area contributed by atoms with Gasteiger partial charge in [0, 0.05) is 25.8 Å². The second kappa shape index (κ2) is 8.68. The number of hydrogen-bond donors (Lipinski definition) is 1. The minimum atomic E-state index is -2.86. The van der Waals surface area contributed by atoms with E-state index in [0.29, 0.717) is 57.3 Å². The monoisotopic (exact) mass is 437 g/mol. The van der Waals surface area contributed by atoms with E-state index >= 15 is 0 Å². The maximum atomic E-state index is 14.1. The predicted octanol–water partition coefficient (Wildman–Crippen LogP) is 2.50. The van der Waals surface area contributed by atoms with Gasteiger partial charge in [-0.1, -0.05) is 0 Å². The van der Waals surface area contributed by atoms with Crippen LogP contribution in [0.25, 0.3) is 11.3 Å². The number of ether oxygens (including phenoxy) is 3. The molecule has 168 valence electrons. The number of amides is 1. The standard InChI is InChI=1S/C21H25F2N3O5/c22-20(23)17-16-15(31-19(17)21(27)24-8-13-2-1-5-29-13)4-3-12-9-26(25-18(12)16)10-14-11-28-6-7-30-14/h9,13-14,20H,1-8,10-11H2,(H,24,27)/t13-,14-/m0/s1. The Hall–Kier alpha value is -2.30. The Morgan fingerprint density at radius 3 is 2.84 bits per heavy atom. The molecule has 0 saturated carbocycles. The van der Waals surface area contributed by atoms with Crippen LogP contribution in [0.2, 0.25) is 0 Å². The van der Waals surface area contributed by atoms with Crippen molar-refractivity contribution < 1.29 is 32.2 Å². The van der Waals surface area contributed by atoms with Crippen LogP contribution in [0.3, 0.4) is 0 Å². The van der Waals surface area contributed by atoms with Gasteiger partial charge in [0.15, 0.2) is 0 Å². The van der Waals surface area contributed by atoms with Gasteiger partial charge in [-0.05, 0) is 24.8 Å². The van der Waals surface area contributed by atoms with E-state index in [0.717, 1.165) is 18.4 Å². The topological polar surface area (TPSA) is 87.8 Å². The molecule has 8 nitrogen and oxygen atoms in total. The van der Waals surface area contributed by atoms with Gasteiger partial charge in [0.25, 0.3) is 12.3 Å². The van der Waals surface area contributed by atoms with E-state index in [2.05, 4.69) is 10.4 Å². The summed E-state index contributed by atoms with van der Waals surface area (Å²) in [5.74, 6) is -0.592. The molecule has 0 bridgehead atoms. The number of aromatic nitrogens is 2.